The maximum Gasteiger partial charge on any atom is 0.274 e. The van der Waals surface area contributed by atoms with Gasteiger partial charge in [-0.3, -0.25) is 10.1 Å². The predicted octanol–water partition coefficient (Wildman–Crippen LogP) is 2.44. The molecule has 0 N–H and O–H groups in total. The quantitative estimate of drug-likeness (QED) is 0.494. The lowest BCUT2D eigenvalue weighted by Gasteiger charge is -2.04. The first kappa shape index (κ1) is 11.1. The van der Waals surface area contributed by atoms with E-state index in [0.717, 1.165) is 3.83 Å². The van der Waals surface area contributed by atoms with Crippen LogP contribution in [-0.2, 0) is 6.54 Å². The van der Waals surface area contributed by atoms with Gasteiger partial charge in [0.05, 0.1) is 11.5 Å². The second-order valence-corrected chi connectivity index (χ2v) is 4.17. The fraction of sp³-hybridized carbons (Fsp3) is 0.100. The molecule has 5 nitrogen and oxygen atoms in total. The van der Waals surface area contributed by atoms with Gasteiger partial charge in [-0.25, -0.2) is 4.98 Å². The Balaban J connectivity index is 2.35. The smallest absolute Gasteiger partial charge is 0.274 e. The van der Waals surface area contributed by atoms with Crippen molar-refractivity contribution in [3.8, 4) is 0 Å². The van der Waals surface area contributed by atoms with Gasteiger partial charge >= 0.3 is 0 Å². The summed E-state index contributed by atoms with van der Waals surface area (Å²) in [7, 11) is 0. The third-order valence-corrected chi connectivity index (χ3v) is 3.09. The van der Waals surface area contributed by atoms with E-state index in [2.05, 4.69) is 27.6 Å². The van der Waals surface area contributed by atoms with Gasteiger partial charge in [-0.15, -0.1) is 0 Å². The largest absolute Gasteiger partial charge is 0.322 e. The van der Waals surface area contributed by atoms with Gasteiger partial charge in [0, 0.05) is 24.0 Å². The molecule has 0 unspecified atom stereocenters. The van der Waals surface area contributed by atoms with Gasteiger partial charge in [-0.2, -0.15) is 0 Å². The molecule has 0 radical (unpaired) electrons. The van der Waals surface area contributed by atoms with Crippen LogP contribution in [0.5, 0.6) is 0 Å². The number of nitro benzene ring substituents is 1. The highest BCUT2D eigenvalue weighted by molar-refractivity contribution is 14.1. The second kappa shape index (κ2) is 4.60. The minimum atomic E-state index is -0.362. The standard InChI is InChI=1S/C10H8IN3O2/c11-10-12-5-6-13(10)7-8-3-1-2-4-9(8)14(15)16/h1-6H,7H2. The summed E-state index contributed by atoms with van der Waals surface area (Å²) in [5, 5.41) is 10.8. The van der Waals surface area contributed by atoms with E-state index in [-0.39, 0.29) is 10.6 Å². The van der Waals surface area contributed by atoms with Crippen LogP contribution in [0.4, 0.5) is 5.69 Å². The summed E-state index contributed by atoms with van der Waals surface area (Å²) in [4.78, 5) is 14.5. The van der Waals surface area contributed by atoms with Crippen LogP contribution in [0.3, 0.4) is 0 Å². The van der Waals surface area contributed by atoms with Gasteiger partial charge in [0.15, 0.2) is 3.83 Å². The molecule has 1 aromatic carbocycles. The highest BCUT2D eigenvalue weighted by Gasteiger charge is 2.13. The fourth-order valence-electron chi connectivity index (χ4n) is 1.44. The van der Waals surface area contributed by atoms with E-state index in [1.807, 2.05) is 4.57 Å². The van der Waals surface area contributed by atoms with Crippen molar-refractivity contribution in [2.45, 2.75) is 6.54 Å². The van der Waals surface area contributed by atoms with E-state index in [0.29, 0.717) is 12.1 Å². The van der Waals surface area contributed by atoms with Gasteiger partial charge in [0.2, 0.25) is 0 Å². The molecule has 16 heavy (non-hydrogen) atoms. The zero-order valence-electron chi connectivity index (χ0n) is 8.21. The van der Waals surface area contributed by atoms with Crippen molar-refractivity contribution in [1.29, 1.82) is 0 Å². The lowest BCUT2D eigenvalue weighted by molar-refractivity contribution is -0.385. The molecule has 6 heteroatoms. The third-order valence-electron chi connectivity index (χ3n) is 2.19. The molecule has 0 fully saturated rings. The monoisotopic (exact) mass is 329 g/mol. The van der Waals surface area contributed by atoms with Crippen LogP contribution in [0.1, 0.15) is 5.56 Å². The molecule has 0 atom stereocenters. The highest BCUT2D eigenvalue weighted by atomic mass is 127. The summed E-state index contributed by atoms with van der Waals surface area (Å²) in [6.45, 7) is 0.468. The zero-order valence-corrected chi connectivity index (χ0v) is 10.4. The number of hydrogen-bond acceptors (Lipinski definition) is 3. The number of hydrogen-bond donors (Lipinski definition) is 0. The molecule has 0 bridgehead atoms. The molecule has 0 aliphatic heterocycles. The Bertz CT molecular complexity index is 524. The van der Waals surface area contributed by atoms with Crippen LogP contribution in [0.25, 0.3) is 0 Å². The summed E-state index contributed by atoms with van der Waals surface area (Å²) < 4.78 is 2.68. The minimum Gasteiger partial charge on any atom is -0.322 e. The Hall–Kier alpha value is -1.44. The van der Waals surface area contributed by atoms with Crippen LogP contribution >= 0.6 is 22.6 Å². The number of para-hydroxylation sites is 1. The molecule has 1 heterocycles. The average molecular weight is 329 g/mol. The number of imidazole rings is 1. The van der Waals surface area contributed by atoms with Crippen molar-refractivity contribution in [2.24, 2.45) is 0 Å². The van der Waals surface area contributed by atoms with Crippen molar-refractivity contribution in [2.75, 3.05) is 0 Å². The molecular weight excluding hydrogens is 321 g/mol. The molecule has 0 saturated carbocycles. The van der Waals surface area contributed by atoms with Gasteiger partial charge in [-0.1, -0.05) is 18.2 Å². The molecule has 0 spiro atoms. The Kier molecular flexibility index (Phi) is 3.18. The summed E-state index contributed by atoms with van der Waals surface area (Å²) >= 11 is 2.09. The Labute approximate surface area is 105 Å². The first-order chi connectivity index (χ1) is 7.68. The number of nitrogens with zero attached hydrogens (tertiary/aromatic N) is 3. The van der Waals surface area contributed by atoms with Crippen LogP contribution in [-0.4, -0.2) is 14.5 Å². The van der Waals surface area contributed by atoms with Gasteiger partial charge in [0.1, 0.15) is 0 Å². The van der Waals surface area contributed by atoms with E-state index in [1.54, 1.807) is 30.6 Å². The second-order valence-electron chi connectivity index (χ2n) is 3.21. The molecule has 1 aromatic heterocycles. The van der Waals surface area contributed by atoms with Crippen LogP contribution in [0, 0.1) is 13.9 Å². The Morgan fingerprint density at radius 3 is 2.81 bits per heavy atom. The normalized spacial score (nSPS) is 10.3. The van der Waals surface area contributed by atoms with E-state index in [1.165, 1.54) is 6.07 Å². The number of benzene rings is 1. The number of halogens is 1. The van der Waals surface area contributed by atoms with Gasteiger partial charge in [-0.05, 0) is 22.6 Å². The molecule has 0 aliphatic carbocycles. The highest BCUT2D eigenvalue weighted by Crippen LogP contribution is 2.19. The van der Waals surface area contributed by atoms with Gasteiger partial charge < -0.3 is 4.57 Å². The van der Waals surface area contributed by atoms with Crippen molar-refractivity contribution in [3.63, 3.8) is 0 Å². The molecular formula is C10H8IN3O2. The van der Waals surface area contributed by atoms with Crippen LogP contribution in [0.15, 0.2) is 36.7 Å². The minimum absolute atomic E-state index is 0.145. The molecule has 0 aliphatic rings. The van der Waals surface area contributed by atoms with E-state index >= 15 is 0 Å². The molecule has 2 aromatic rings. The zero-order chi connectivity index (χ0) is 11.5. The van der Waals surface area contributed by atoms with E-state index in [4.69, 9.17) is 0 Å². The summed E-state index contributed by atoms with van der Waals surface area (Å²) in [6.07, 6.45) is 3.48. The van der Waals surface area contributed by atoms with Crippen molar-refractivity contribution >= 4 is 28.3 Å². The van der Waals surface area contributed by atoms with E-state index in [9.17, 15) is 10.1 Å². The van der Waals surface area contributed by atoms with E-state index < -0.39 is 0 Å². The third kappa shape index (κ3) is 2.21. The molecule has 2 rings (SSSR count). The maximum atomic E-state index is 10.8. The van der Waals surface area contributed by atoms with Crippen molar-refractivity contribution < 1.29 is 4.92 Å². The Morgan fingerprint density at radius 2 is 2.19 bits per heavy atom. The Morgan fingerprint density at radius 1 is 1.44 bits per heavy atom. The van der Waals surface area contributed by atoms with Crippen molar-refractivity contribution in [3.05, 3.63) is 56.2 Å². The summed E-state index contributed by atoms with van der Waals surface area (Å²) in [5.74, 6) is 0. The first-order valence-electron chi connectivity index (χ1n) is 4.57. The fourth-order valence-corrected chi connectivity index (χ4v) is 1.93. The topological polar surface area (TPSA) is 61.0 Å². The van der Waals surface area contributed by atoms with Crippen LogP contribution < -0.4 is 0 Å². The summed E-state index contributed by atoms with van der Waals surface area (Å²) in [6, 6.07) is 6.74. The van der Waals surface area contributed by atoms with Gasteiger partial charge in [0.25, 0.3) is 5.69 Å². The lowest BCUT2D eigenvalue weighted by Crippen LogP contribution is -2.03. The van der Waals surface area contributed by atoms with Crippen LogP contribution in [0.2, 0.25) is 0 Å². The number of rotatable bonds is 3. The number of aromatic nitrogens is 2. The molecule has 0 saturated heterocycles. The predicted molar refractivity (Wildman–Crippen MR) is 67.1 cm³/mol. The first-order valence-corrected chi connectivity index (χ1v) is 5.65. The molecule has 0 amide bonds. The number of nitro groups is 1. The average Bonchev–Trinajstić information content (AvgIpc) is 2.65. The molecule has 82 valence electrons. The summed E-state index contributed by atoms with van der Waals surface area (Å²) in [5.41, 5.74) is 0.829. The lowest BCUT2D eigenvalue weighted by atomic mass is 10.2. The van der Waals surface area contributed by atoms with Crippen molar-refractivity contribution in [1.82, 2.24) is 9.55 Å². The maximum absolute atomic E-state index is 10.8. The SMILES string of the molecule is O=[N+]([O-])c1ccccc1Cn1ccnc1I.